The third-order valence-electron chi connectivity index (χ3n) is 2.85. The first kappa shape index (κ1) is 16.9. The van der Waals surface area contributed by atoms with Gasteiger partial charge in [0.05, 0.1) is 6.42 Å². The normalized spacial score (nSPS) is 11.6. The zero-order chi connectivity index (χ0) is 13.5. The molecule has 2 heteroatoms. The molecule has 0 aliphatic rings. The summed E-state index contributed by atoms with van der Waals surface area (Å²) in [6, 6.07) is 0. The van der Waals surface area contributed by atoms with Crippen molar-refractivity contribution in [3.63, 3.8) is 0 Å². The fourth-order valence-electron chi connectivity index (χ4n) is 1.82. The number of carboxylic acids is 1. The Kier molecular flexibility index (Phi) is 13.2. The molecule has 0 bridgehead atoms. The molecule has 0 rings (SSSR count). The largest absolute Gasteiger partial charge is 0.481 e. The SMILES string of the molecule is CC/C=C/CCCCCCCC/C=C/CC(=O)O. The van der Waals surface area contributed by atoms with E-state index >= 15 is 0 Å². The van der Waals surface area contributed by atoms with Crippen molar-refractivity contribution in [3.05, 3.63) is 24.3 Å². The molecule has 0 spiro atoms. The first-order valence-corrected chi connectivity index (χ1v) is 7.29. The number of hydrogen-bond donors (Lipinski definition) is 1. The van der Waals surface area contributed by atoms with E-state index in [9.17, 15) is 4.79 Å². The minimum absolute atomic E-state index is 0.158. The zero-order valence-electron chi connectivity index (χ0n) is 11.7. The molecule has 0 radical (unpaired) electrons. The van der Waals surface area contributed by atoms with Crippen LogP contribution in [0, 0.1) is 0 Å². The second-order valence-electron chi connectivity index (χ2n) is 4.65. The molecule has 0 amide bonds. The highest BCUT2D eigenvalue weighted by Gasteiger charge is 1.91. The van der Waals surface area contributed by atoms with Crippen LogP contribution in [-0.4, -0.2) is 11.1 Å². The standard InChI is InChI=1S/C16H28O2/c1-2-3-4-5-6-7-8-9-10-11-12-13-14-15-16(17)18/h3-4,13-14H,2,5-12,15H2,1H3,(H,17,18)/b4-3+,14-13+. The van der Waals surface area contributed by atoms with Gasteiger partial charge in [-0.2, -0.15) is 0 Å². The summed E-state index contributed by atoms with van der Waals surface area (Å²) in [5.74, 6) is -0.747. The summed E-state index contributed by atoms with van der Waals surface area (Å²) < 4.78 is 0. The molecule has 18 heavy (non-hydrogen) atoms. The smallest absolute Gasteiger partial charge is 0.307 e. The monoisotopic (exact) mass is 252 g/mol. The van der Waals surface area contributed by atoms with Crippen molar-refractivity contribution in [2.75, 3.05) is 0 Å². The van der Waals surface area contributed by atoms with Gasteiger partial charge >= 0.3 is 5.97 Å². The lowest BCUT2D eigenvalue weighted by molar-refractivity contribution is -0.136. The van der Waals surface area contributed by atoms with Crippen molar-refractivity contribution >= 4 is 5.97 Å². The van der Waals surface area contributed by atoms with Crippen LogP contribution in [0.1, 0.15) is 71.1 Å². The topological polar surface area (TPSA) is 37.3 Å². The van der Waals surface area contributed by atoms with Crippen molar-refractivity contribution in [3.8, 4) is 0 Å². The highest BCUT2D eigenvalue weighted by atomic mass is 16.4. The van der Waals surface area contributed by atoms with E-state index in [1.165, 1.54) is 44.9 Å². The van der Waals surface area contributed by atoms with Gasteiger partial charge in [0, 0.05) is 0 Å². The van der Waals surface area contributed by atoms with Gasteiger partial charge in [-0.05, 0) is 32.1 Å². The van der Waals surface area contributed by atoms with E-state index in [2.05, 4.69) is 19.1 Å². The summed E-state index contributed by atoms with van der Waals surface area (Å²) in [6.07, 6.45) is 19.6. The molecule has 2 nitrogen and oxygen atoms in total. The molecule has 0 unspecified atom stereocenters. The van der Waals surface area contributed by atoms with Gasteiger partial charge in [0.1, 0.15) is 0 Å². The molecule has 0 aliphatic heterocycles. The Balaban J connectivity index is 3.09. The van der Waals surface area contributed by atoms with E-state index in [4.69, 9.17) is 5.11 Å². The molecule has 0 fully saturated rings. The second-order valence-corrected chi connectivity index (χ2v) is 4.65. The fourth-order valence-corrected chi connectivity index (χ4v) is 1.82. The van der Waals surface area contributed by atoms with Gasteiger partial charge in [0.25, 0.3) is 0 Å². The number of hydrogen-bond acceptors (Lipinski definition) is 1. The van der Waals surface area contributed by atoms with Crippen LogP contribution in [0.2, 0.25) is 0 Å². The molecule has 0 aliphatic carbocycles. The molecule has 0 aromatic heterocycles. The average molecular weight is 252 g/mol. The molecule has 0 atom stereocenters. The Hall–Kier alpha value is -1.05. The number of aliphatic carboxylic acids is 1. The van der Waals surface area contributed by atoms with E-state index in [0.29, 0.717) is 0 Å². The number of allylic oxidation sites excluding steroid dienone is 3. The highest BCUT2D eigenvalue weighted by molar-refractivity contribution is 5.68. The third kappa shape index (κ3) is 14.9. The molecule has 0 heterocycles. The summed E-state index contributed by atoms with van der Waals surface area (Å²) >= 11 is 0. The van der Waals surface area contributed by atoms with Crippen LogP contribution in [-0.2, 0) is 4.79 Å². The number of rotatable bonds is 12. The molecular formula is C16H28O2. The lowest BCUT2D eigenvalue weighted by atomic mass is 10.1. The maximum absolute atomic E-state index is 10.2. The Labute approximate surface area is 112 Å². The second kappa shape index (κ2) is 14.0. The zero-order valence-corrected chi connectivity index (χ0v) is 11.7. The van der Waals surface area contributed by atoms with Crippen LogP contribution in [0.25, 0.3) is 0 Å². The van der Waals surface area contributed by atoms with Crippen molar-refractivity contribution in [1.29, 1.82) is 0 Å². The molecular weight excluding hydrogens is 224 g/mol. The van der Waals surface area contributed by atoms with Crippen molar-refractivity contribution in [1.82, 2.24) is 0 Å². The Morgan fingerprint density at radius 3 is 1.83 bits per heavy atom. The van der Waals surface area contributed by atoms with Gasteiger partial charge in [-0.1, -0.05) is 56.9 Å². The summed E-state index contributed by atoms with van der Waals surface area (Å²) in [7, 11) is 0. The minimum Gasteiger partial charge on any atom is -0.481 e. The number of unbranched alkanes of at least 4 members (excludes halogenated alkanes) is 7. The molecule has 104 valence electrons. The van der Waals surface area contributed by atoms with Crippen LogP contribution in [0.5, 0.6) is 0 Å². The Morgan fingerprint density at radius 1 is 0.833 bits per heavy atom. The van der Waals surface area contributed by atoms with E-state index in [1.807, 2.05) is 6.08 Å². The molecule has 1 N–H and O–H groups in total. The predicted molar refractivity (Wildman–Crippen MR) is 77.8 cm³/mol. The minimum atomic E-state index is -0.747. The summed E-state index contributed by atoms with van der Waals surface area (Å²) in [6.45, 7) is 2.17. The van der Waals surface area contributed by atoms with Gasteiger partial charge in [0.2, 0.25) is 0 Å². The fraction of sp³-hybridized carbons (Fsp3) is 0.688. The van der Waals surface area contributed by atoms with Gasteiger partial charge < -0.3 is 5.11 Å². The van der Waals surface area contributed by atoms with Crippen molar-refractivity contribution < 1.29 is 9.90 Å². The van der Waals surface area contributed by atoms with Gasteiger partial charge in [-0.25, -0.2) is 0 Å². The van der Waals surface area contributed by atoms with E-state index in [-0.39, 0.29) is 6.42 Å². The van der Waals surface area contributed by atoms with Crippen LogP contribution in [0.4, 0.5) is 0 Å². The van der Waals surface area contributed by atoms with Crippen LogP contribution < -0.4 is 0 Å². The quantitative estimate of drug-likeness (QED) is 0.387. The van der Waals surface area contributed by atoms with Gasteiger partial charge in [-0.3, -0.25) is 4.79 Å². The lowest BCUT2D eigenvalue weighted by Crippen LogP contribution is -1.89. The van der Waals surface area contributed by atoms with Gasteiger partial charge in [-0.15, -0.1) is 0 Å². The molecule has 0 aromatic rings. The average Bonchev–Trinajstić information content (AvgIpc) is 2.34. The summed E-state index contributed by atoms with van der Waals surface area (Å²) in [5, 5.41) is 8.43. The first-order chi connectivity index (χ1) is 8.77. The number of carboxylic acid groups (broad SMARTS) is 1. The maximum Gasteiger partial charge on any atom is 0.307 e. The van der Waals surface area contributed by atoms with Crippen LogP contribution >= 0.6 is 0 Å². The van der Waals surface area contributed by atoms with Crippen molar-refractivity contribution in [2.24, 2.45) is 0 Å². The molecule has 0 aromatic carbocycles. The lowest BCUT2D eigenvalue weighted by Gasteiger charge is -1.99. The highest BCUT2D eigenvalue weighted by Crippen LogP contribution is 2.09. The van der Waals surface area contributed by atoms with Gasteiger partial charge in [0.15, 0.2) is 0 Å². The van der Waals surface area contributed by atoms with E-state index in [0.717, 1.165) is 12.8 Å². The number of carbonyl (C=O) groups is 1. The summed E-state index contributed by atoms with van der Waals surface area (Å²) in [4.78, 5) is 10.2. The molecule has 0 saturated carbocycles. The summed E-state index contributed by atoms with van der Waals surface area (Å²) in [5.41, 5.74) is 0. The van der Waals surface area contributed by atoms with Crippen LogP contribution in [0.15, 0.2) is 24.3 Å². The first-order valence-electron chi connectivity index (χ1n) is 7.29. The predicted octanol–water partition coefficient (Wildman–Crippen LogP) is 5.10. The van der Waals surface area contributed by atoms with E-state index in [1.54, 1.807) is 6.08 Å². The van der Waals surface area contributed by atoms with E-state index < -0.39 is 5.97 Å². The Bertz CT molecular complexity index is 241. The third-order valence-corrected chi connectivity index (χ3v) is 2.85. The van der Waals surface area contributed by atoms with Crippen LogP contribution in [0.3, 0.4) is 0 Å². The molecule has 0 saturated heterocycles. The Morgan fingerprint density at radius 2 is 1.33 bits per heavy atom. The maximum atomic E-state index is 10.2. The van der Waals surface area contributed by atoms with Crippen molar-refractivity contribution in [2.45, 2.75) is 71.1 Å².